The molecule has 2 rings (SSSR count). The minimum atomic E-state index is -4.87. The van der Waals surface area contributed by atoms with Crippen molar-refractivity contribution >= 4 is 5.69 Å². The maximum atomic E-state index is 13.0. The van der Waals surface area contributed by atoms with Gasteiger partial charge in [-0.05, 0) is 38.0 Å². The van der Waals surface area contributed by atoms with E-state index >= 15 is 0 Å². The fourth-order valence-electron chi connectivity index (χ4n) is 3.02. The van der Waals surface area contributed by atoms with Crippen LogP contribution in [0.15, 0.2) is 18.2 Å². The fraction of sp³-hybridized carbons (Fsp3) is 0.533. The molecular weight excluding hydrogens is 338 g/mol. The normalized spacial score (nSPS) is 23.2. The number of halogens is 6. The molecule has 1 aromatic carbocycles. The number of aliphatic hydroxyl groups excluding tert-OH is 1. The molecule has 132 valence electrons. The molecule has 1 saturated heterocycles. The summed E-state index contributed by atoms with van der Waals surface area (Å²) in [4.78, 5) is 1.15. The van der Waals surface area contributed by atoms with E-state index in [1.54, 1.807) is 6.92 Å². The van der Waals surface area contributed by atoms with Gasteiger partial charge in [0.15, 0.2) is 6.10 Å². The molecule has 1 heterocycles. The lowest BCUT2D eigenvalue weighted by Gasteiger charge is -2.34. The van der Waals surface area contributed by atoms with Gasteiger partial charge < -0.3 is 10.0 Å². The van der Waals surface area contributed by atoms with E-state index in [2.05, 4.69) is 0 Å². The lowest BCUT2D eigenvalue weighted by Crippen LogP contribution is -2.48. The molecule has 3 atom stereocenters. The number of rotatable bonds is 2. The van der Waals surface area contributed by atoms with Gasteiger partial charge in [0.25, 0.3) is 0 Å². The van der Waals surface area contributed by atoms with Crippen molar-refractivity contribution in [1.29, 1.82) is 5.26 Å². The number of benzene rings is 1. The molecule has 0 aliphatic carbocycles. The van der Waals surface area contributed by atoms with Gasteiger partial charge in [0.1, 0.15) is 0 Å². The first kappa shape index (κ1) is 18.4. The third kappa shape index (κ3) is 3.43. The van der Waals surface area contributed by atoms with Crippen LogP contribution in [0.3, 0.4) is 0 Å². The summed E-state index contributed by atoms with van der Waals surface area (Å²) >= 11 is 0. The molecule has 0 bridgehead atoms. The van der Waals surface area contributed by atoms with Gasteiger partial charge in [-0.25, -0.2) is 0 Å². The lowest BCUT2D eigenvalue weighted by atomic mass is 10.0. The van der Waals surface area contributed by atoms with Crippen molar-refractivity contribution in [3.05, 3.63) is 29.3 Å². The highest BCUT2D eigenvalue weighted by Gasteiger charge is 2.49. The van der Waals surface area contributed by atoms with E-state index < -0.39 is 41.7 Å². The van der Waals surface area contributed by atoms with Crippen molar-refractivity contribution in [2.75, 3.05) is 4.90 Å². The number of nitriles is 1. The minimum absolute atomic E-state index is 0.00317. The highest BCUT2D eigenvalue weighted by Crippen LogP contribution is 2.40. The van der Waals surface area contributed by atoms with Crippen LogP contribution in [0.4, 0.5) is 32.0 Å². The summed E-state index contributed by atoms with van der Waals surface area (Å²) in [6, 6.07) is 2.35. The maximum absolute atomic E-state index is 13.0. The van der Waals surface area contributed by atoms with Crippen LogP contribution in [0, 0.1) is 11.3 Å². The molecule has 1 aliphatic rings. The number of hydrogen-bond donors (Lipinski definition) is 1. The number of hydrogen-bond acceptors (Lipinski definition) is 3. The zero-order chi connectivity index (χ0) is 18.3. The molecule has 3 nitrogen and oxygen atoms in total. The quantitative estimate of drug-likeness (QED) is 0.823. The van der Waals surface area contributed by atoms with Crippen molar-refractivity contribution in [3.63, 3.8) is 0 Å². The Kier molecular flexibility index (Phi) is 4.72. The van der Waals surface area contributed by atoms with Crippen molar-refractivity contribution in [2.45, 2.75) is 50.3 Å². The molecule has 0 aromatic heterocycles. The topological polar surface area (TPSA) is 47.3 Å². The molecule has 1 N–H and O–H groups in total. The van der Waals surface area contributed by atoms with Crippen LogP contribution in [0.2, 0.25) is 0 Å². The summed E-state index contributed by atoms with van der Waals surface area (Å²) in [5, 5.41) is 18.3. The second-order valence-corrected chi connectivity index (χ2v) is 5.73. The molecule has 9 heteroatoms. The van der Waals surface area contributed by atoms with Crippen LogP contribution >= 0.6 is 0 Å². The smallest absolute Gasteiger partial charge is 0.382 e. The predicted molar refractivity (Wildman–Crippen MR) is 73.2 cm³/mol. The zero-order valence-electron chi connectivity index (χ0n) is 12.5. The van der Waals surface area contributed by atoms with E-state index in [1.807, 2.05) is 0 Å². The van der Waals surface area contributed by atoms with Crippen LogP contribution in [-0.4, -0.2) is 29.5 Å². The molecule has 24 heavy (non-hydrogen) atoms. The van der Waals surface area contributed by atoms with Gasteiger partial charge in [0.2, 0.25) is 0 Å². The predicted octanol–water partition coefficient (Wildman–Crippen LogP) is 3.86. The van der Waals surface area contributed by atoms with E-state index in [9.17, 15) is 31.4 Å². The molecule has 0 amide bonds. The van der Waals surface area contributed by atoms with Crippen molar-refractivity contribution in [1.82, 2.24) is 0 Å². The van der Waals surface area contributed by atoms with Gasteiger partial charge in [-0.2, -0.15) is 31.6 Å². The van der Waals surface area contributed by atoms with E-state index in [-0.39, 0.29) is 12.1 Å². The average Bonchev–Trinajstić information content (AvgIpc) is 2.85. The number of aliphatic hydroxyl groups is 1. The summed E-state index contributed by atoms with van der Waals surface area (Å²) in [5.41, 5.74) is -1.91. The Morgan fingerprint density at radius 1 is 1.21 bits per heavy atom. The van der Waals surface area contributed by atoms with Crippen LogP contribution < -0.4 is 4.90 Å². The Labute approximate surface area is 134 Å². The monoisotopic (exact) mass is 352 g/mol. The first-order valence-corrected chi connectivity index (χ1v) is 7.11. The Hall–Kier alpha value is -1.95. The van der Waals surface area contributed by atoms with Gasteiger partial charge in [-0.15, -0.1) is 0 Å². The average molecular weight is 352 g/mol. The highest BCUT2D eigenvalue weighted by molar-refractivity contribution is 5.57. The first-order valence-electron chi connectivity index (χ1n) is 7.11. The van der Waals surface area contributed by atoms with E-state index in [0.29, 0.717) is 12.5 Å². The van der Waals surface area contributed by atoms with Crippen molar-refractivity contribution in [2.24, 2.45) is 0 Å². The van der Waals surface area contributed by atoms with Gasteiger partial charge in [-0.1, -0.05) is 0 Å². The summed E-state index contributed by atoms with van der Waals surface area (Å²) in [7, 11) is 0. The second-order valence-electron chi connectivity index (χ2n) is 5.73. The number of alkyl halides is 6. The minimum Gasteiger partial charge on any atom is -0.382 e. The Balaban J connectivity index is 2.47. The molecule has 0 saturated carbocycles. The van der Waals surface area contributed by atoms with Crippen LogP contribution in [0.25, 0.3) is 0 Å². The molecule has 0 spiro atoms. The highest BCUT2D eigenvalue weighted by atomic mass is 19.4. The lowest BCUT2D eigenvalue weighted by molar-refractivity contribution is -0.209. The number of nitrogens with zero attached hydrogens (tertiary/aromatic N) is 2. The maximum Gasteiger partial charge on any atom is 0.417 e. The van der Waals surface area contributed by atoms with E-state index in [0.717, 1.165) is 11.0 Å². The third-order valence-electron chi connectivity index (χ3n) is 4.14. The first-order chi connectivity index (χ1) is 11.0. The summed E-state index contributed by atoms with van der Waals surface area (Å²) < 4.78 is 77.6. The van der Waals surface area contributed by atoms with Crippen molar-refractivity contribution < 1.29 is 31.4 Å². The second kappa shape index (κ2) is 6.16. The Morgan fingerprint density at radius 2 is 1.83 bits per heavy atom. The van der Waals surface area contributed by atoms with Gasteiger partial charge in [-0.3, -0.25) is 0 Å². The van der Waals surface area contributed by atoms with E-state index in [1.165, 1.54) is 12.1 Å². The summed E-state index contributed by atoms with van der Waals surface area (Å²) in [6.07, 6.45) is -12.0. The standard InChI is InChI=1S/C15H14F6N2O/c1-8-2-5-12(13(24)15(19,20)21)23(8)10-4-3-9(7-22)11(6-10)14(16,17)18/h3-4,6,8,12-13,24H,2,5H2,1H3/t8-,12?,13-/m1/s1. The third-order valence-corrected chi connectivity index (χ3v) is 4.14. The zero-order valence-corrected chi connectivity index (χ0v) is 12.5. The Bertz CT molecular complexity index is 649. The fourth-order valence-corrected chi connectivity index (χ4v) is 3.02. The van der Waals surface area contributed by atoms with Crippen LogP contribution in [0.5, 0.6) is 0 Å². The van der Waals surface area contributed by atoms with Gasteiger partial charge in [0.05, 0.1) is 23.2 Å². The van der Waals surface area contributed by atoms with Gasteiger partial charge >= 0.3 is 12.4 Å². The van der Waals surface area contributed by atoms with Crippen LogP contribution in [0.1, 0.15) is 30.9 Å². The van der Waals surface area contributed by atoms with Crippen molar-refractivity contribution in [3.8, 4) is 6.07 Å². The van der Waals surface area contributed by atoms with E-state index in [4.69, 9.17) is 5.26 Å². The summed E-state index contributed by atoms with van der Waals surface area (Å²) in [5.74, 6) is 0. The molecular formula is C15H14F6N2O. The number of anilines is 1. The summed E-state index contributed by atoms with van der Waals surface area (Å²) in [6.45, 7) is 1.58. The molecule has 1 aliphatic heterocycles. The Morgan fingerprint density at radius 3 is 2.33 bits per heavy atom. The molecule has 1 unspecified atom stereocenters. The molecule has 1 fully saturated rings. The molecule has 1 aromatic rings. The SMILES string of the molecule is C[C@@H]1CCC([C@@H](O)C(F)(F)F)N1c1ccc(C#N)c(C(F)(F)F)c1. The van der Waals surface area contributed by atoms with Crippen LogP contribution in [-0.2, 0) is 6.18 Å². The molecule has 0 radical (unpaired) electrons. The largest absolute Gasteiger partial charge is 0.417 e. The van der Waals surface area contributed by atoms with Gasteiger partial charge in [0, 0.05) is 11.7 Å².